The van der Waals surface area contributed by atoms with Gasteiger partial charge in [0.05, 0.1) is 46.1 Å². The zero-order valence-electron chi connectivity index (χ0n) is 39.6. The number of unbranched alkanes of at least 4 members (excludes halogenated alkanes) is 9. The zero-order valence-corrected chi connectivity index (χ0v) is 40.5. The molecule has 7 atom stereocenters. The van der Waals surface area contributed by atoms with Crippen molar-refractivity contribution in [2.75, 3.05) is 47.5 Å². The number of aliphatic hydroxyl groups excluding tert-OH is 3. The molecule has 0 radical (unpaired) electrons. The van der Waals surface area contributed by atoms with Gasteiger partial charge in [0, 0.05) is 25.2 Å². The number of quaternary nitrogens is 1. The quantitative estimate of drug-likeness (QED) is 0.0153. The SMILES string of the molecule is CCCCC/C=C\C/C=C\C/C=C\C/C=C\CCCCCC(=O)O[C@H](COC(=O)CCC/C=C/C[C@@H]1[C@@H](/C=C/[C@@H](O)CCCCC)[C@H](O)C[C@@H]1O)COP(=O)(O)OCC[N+](C)(C)C. The fraction of sp³-hybridized carbons (Fsp3) is 0.720. The van der Waals surface area contributed by atoms with Crippen LogP contribution in [0.4, 0.5) is 0 Å². The lowest BCUT2D eigenvalue weighted by molar-refractivity contribution is -0.870. The van der Waals surface area contributed by atoms with E-state index in [1.54, 1.807) is 6.08 Å². The highest BCUT2D eigenvalue weighted by atomic mass is 31.2. The molecule has 12 nitrogen and oxygen atoms in total. The Labute approximate surface area is 381 Å². The maximum Gasteiger partial charge on any atom is 0.472 e. The predicted octanol–water partition coefficient (Wildman–Crippen LogP) is 10.2. The van der Waals surface area contributed by atoms with Crippen molar-refractivity contribution < 1.29 is 57.4 Å². The highest BCUT2D eigenvalue weighted by Gasteiger charge is 2.39. The lowest BCUT2D eigenvalue weighted by atomic mass is 9.89. The molecule has 13 heteroatoms. The average Bonchev–Trinajstić information content (AvgIpc) is 3.50. The van der Waals surface area contributed by atoms with Crippen LogP contribution in [0.5, 0.6) is 0 Å². The number of rotatable bonds is 38. The van der Waals surface area contributed by atoms with Gasteiger partial charge in [0.15, 0.2) is 6.10 Å². The first kappa shape index (κ1) is 58.3. The minimum Gasteiger partial charge on any atom is -0.462 e. The molecule has 1 unspecified atom stereocenters. The van der Waals surface area contributed by atoms with Crippen molar-refractivity contribution in [1.29, 1.82) is 0 Å². The van der Waals surface area contributed by atoms with Crippen LogP contribution in [0.25, 0.3) is 0 Å². The van der Waals surface area contributed by atoms with Gasteiger partial charge >= 0.3 is 19.8 Å². The second-order valence-corrected chi connectivity index (χ2v) is 19.2. The van der Waals surface area contributed by atoms with Gasteiger partial charge in [-0.25, -0.2) is 4.57 Å². The fourth-order valence-electron chi connectivity index (χ4n) is 6.93. The zero-order chi connectivity index (χ0) is 46.6. The number of carbonyl (C=O) groups is 2. The van der Waals surface area contributed by atoms with Gasteiger partial charge in [-0.3, -0.25) is 18.6 Å². The van der Waals surface area contributed by atoms with Crippen LogP contribution >= 0.6 is 7.82 Å². The third kappa shape index (κ3) is 33.5. The summed E-state index contributed by atoms with van der Waals surface area (Å²) >= 11 is 0. The first-order valence-electron chi connectivity index (χ1n) is 23.9. The Balaban J connectivity index is 2.50. The summed E-state index contributed by atoms with van der Waals surface area (Å²) in [6, 6.07) is 0. The summed E-state index contributed by atoms with van der Waals surface area (Å²) in [5.74, 6) is -1.44. The first-order valence-corrected chi connectivity index (χ1v) is 25.4. The van der Waals surface area contributed by atoms with E-state index in [4.69, 9.17) is 18.5 Å². The highest BCUT2D eigenvalue weighted by molar-refractivity contribution is 7.47. The van der Waals surface area contributed by atoms with Crippen molar-refractivity contribution in [2.24, 2.45) is 11.8 Å². The third-order valence-electron chi connectivity index (χ3n) is 10.8. The number of esters is 2. The fourth-order valence-corrected chi connectivity index (χ4v) is 7.67. The number of nitrogens with zero attached hydrogens (tertiary/aromatic N) is 1. The highest BCUT2D eigenvalue weighted by Crippen LogP contribution is 2.43. The number of carbonyl (C=O) groups excluding carboxylic acids is 2. The molecule has 1 aliphatic rings. The number of likely N-dealkylation sites (N-methyl/N-ethyl adjacent to an activating group) is 1. The number of aliphatic hydroxyl groups is 3. The van der Waals surface area contributed by atoms with Gasteiger partial charge < -0.3 is 34.2 Å². The van der Waals surface area contributed by atoms with Gasteiger partial charge in [-0.1, -0.05) is 125 Å². The second kappa shape index (κ2) is 36.5. The van der Waals surface area contributed by atoms with Gasteiger partial charge in [0.2, 0.25) is 0 Å². The van der Waals surface area contributed by atoms with Crippen LogP contribution in [0.15, 0.2) is 72.9 Å². The summed E-state index contributed by atoms with van der Waals surface area (Å²) < 4.78 is 34.3. The van der Waals surface area contributed by atoms with E-state index >= 15 is 0 Å². The van der Waals surface area contributed by atoms with Crippen LogP contribution in [0.2, 0.25) is 0 Å². The third-order valence-corrected chi connectivity index (χ3v) is 11.8. The van der Waals surface area contributed by atoms with E-state index in [0.29, 0.717) is 49.6 Å². The standard InChI is InChI=1S/C50H86NO11P/c1-6-8-10-11-12-13-14-15-16-17-18-19-20-21-22-23-24-25-31-35-50(56)62-44(42-61-63(57,58)60-39-38-51(3,4)5)41-59-49(55)34-30-27-26-29-33-45-46(48(54)40-47(45)53)37-36-43(52)32-28-9-7-2/h12-13,15-16,18-19,21-22,26,29,36-37,43-48,52-54H,6-11,14,17,20,23-25,27-28,30-35,38-42H2,1-5H3/p+1/b13-12-,16-15-,19-18-,22-21-,29-26+,37-36+/t43-,44+,45+,46+,47-,48+/m0/s1. The van der Waals surface area contributed by atoms with Crippen molar-refractivity contribution >= 4 is 19.8 Å². The van der Waals surface area contributed by atoms with E-state index in [0.717, 1.165) is 57.8 Å². The molecular weight excluding hydrogens is 822 g/mol. The van der Waals surface area contributed by atoms with E-state index in [2.05, 4.69) is 62.5 Å². The Morgan fingerprint density at radius 2 is 1.27 bits per heavy atom. The van der Waals surface area contributed by atoms with Crippen LogP contribution < -0.4 is 0 Å². The summed E-state index contributed by atoms with van der Waals surface area (Å²) in [6.07, 6.45) is 39.0. The number of phosphoric acid groups is 1. The lowest BCUT2D eigenvalue weighted by Gasteiger charge is -2.24. The largest absolute Gasteiger partial charge is 0.472 e. The van der Waals surface area contributed by atoms with E-state index in [9.17, 15) is 34.4 Å². The average molecular weight is 909 g/mol. The summed E-state index contributed by atoms with van der Waals surface area (Å²) in [5.41, 5.74) is 0. The molecule has 1 fully saturated rings. The predicted molar refractivity (Wildman–Crippen MR) is 254 cm³/mol. The monoisotopic (exact) mass is 909 g/mol. The number of hydrogen-bond donors (Lipinski definition) is 4. The van der Waals surface area contributed by atoms with E-state index < -0.39 is 50.8 Å². The molecule has 0 amide bonds. The molecule has 63 heavy (non-hydrogen) atoms. The topological polar surface area (TPSA) is 169 Å². The van der Waals surface area contributed by atoms with Crippen LogP contribution in [0.3, 0.4) is 0 Å². The van der Waals surface area contributed by atoms with Crippen LogP contribution in [-0.2, 0) is 32.7 Å². The molecule has 0 bridgehead atoms. The van der Waals surface area contributed by atoms with Crippen molar-refractivity contribution in [3.63, 3.8) is 0 Å². The Hall–Kier alpha value is -2.67. The Morgan fingerprint density at radius 3 is 1.90 bits per heavy atom. The Morgan fingerprint density at radius 1 is 0.698 bits per heavy atom. The molecule has 4 N–H and O–H groups in total. The number of phosphoric ester groups is 1. The number of hydrogen-bond acceptors (Lipinski definition) is 10. The molecule has 0 aliphatic heterocycles. The van der Waals surface area contributed by atoms with Crippen LogP contribution in [0, 0.1) is 11.8 Å². The molecule has 0 heterocycles. The van der Waals surface area contributed by atoms with Crippen molar-refractivity contribution in [3.8, 4) is 0 Å². The van der Waals surface area contributed by atoms with Gasteiger partial charge in [-0.15, -0.1) is 0 Å². The summed E-state index contributed by atoms with van der Waals surface area (Å²) in [4.78, 5) is 35.6. The van der Waals surface area contributed by atoms with Gasteiger partial charge in [-0.2, -0.15) is 0 Å². The van der Waals surface area contributed by atoms with Crippen LogP contribution in [0.1, 0.15) is 149 Å². The Kier molecular flexibility index (Phi) is 33.8. The van der Waals surface area contributed by atoms with Gasteiger partial charge in [0.1, 0.15) is 19.8 Å². The maximum absolute atomic E-state index is 12.8. The van der Waals surface area contributed by atoms with Crippen LogP contribution in [-0.4, -0.2) is 109 Å². The van der Waals surface area contributed by atoms with Gasteiger partial charge in [0.25, 0.3) is 0 Å². The first-order chi connectivity index (χ1) is 30.2. The molecule has 1 saturated carbocycles. The van der Waals surface area contributed by atoms with Gasteiger partial charge in [-0.05, 0) is 83.0 Å². The van der Waals surface area contributed by atoms with Crippen molar-refractivity contribution in [1.82, 2.24) is 0 Å². The molecule has 0 aromatic heterocycles. The molecule has 1 aliphatic carbocycles. The minimum absolute atomic E-state index is 0.0175. The second-order valence-electron chi connectivity index (χ2n) is 17.8. The molecular formula is C50H87NO11P+. The molecule has 0 saturated heterocycles. The number of allylic oxidation sites excluding steroid dienone is 10. The van der Waals surface area contributed by atoms with E-state index in [-0.39, 0.29) is 37.9 Å². The number of ether oxygens (including phenoxy) is 2. The summed E-state index contributed by atoms with van der Waals surface area (Å²) in [6.45, 7) is 3.96. The van der Waals surface area contributed by atoms with E-state index in [1.165, 1.54) is 25.7 Å². The lowest BCUT2D eigenvalue weighted by Crippen LogP contribution is -2.37. The smallest absolute Gasteiger partial charge is 0.462 e. The Bertz CT molecular complexity index is 1420. The molecule has 1 rings (SSSR count). The maximum atomic E-state index is 12.8. The minimum atomic E-state index is -4.45. The molecule has 0 aromatic carbocycles. The summed E-state index contributed by atoms with van der Waals surface area (Å²) in [5, 5.41) is 31.4. The molecule has 0 spiro atoms. The van der Waals surface area contributed by atoms with Crippen molar-refractivity contribution in [3.05, 3.63) is 72.9 Å². The van der Waals surface area contributed by atoms with E-state index in [1.807, 2.05) is 39.4 Å². The van der Waals surface area contributed by atoms with Crippen molar-refractivity contribution in [2.45, 2.75) is 173 Å². The molecule has 362 valence electrons. The normalized spacial score (nSPS) is 20.6. The summed E-state index contributed by atoms with van der Waals surface area (Å²) in [7, 11) is 1.31. The molecule has 0 aromatic rings.